The van der Waals surface area contributed by atoms with Crippen LogP contribution in [0.2, 0.25) is 0 Å². The number of nitrogens with zero attached hydrogens (tertiary/aromatic N) is 3. The summed E-state index contributed by atoms with van der Waals surface area (Å²) >= 11 is 0. The third-order valence-electron chi connectivity index (χ3n) is 3.99. The summed E-state index contributed by atoms with van der Waals surface area (Å²) in [5.74, 6) is -0.0253. The number of rotatable bonds is 1. The van der Waals surface area contributed by atoms with E-state index in [0.29, 0.717) is 22.3 Å². The third-order valence-corrected chi connectivity index (χ3v) is 3.99. The highest BCUT2D eigenvalue weighted by Crippen LogP contribution is 2.42. The SMILES string of the molecule is CC1(C)Oc2cc3nonc3cc2C(n2ccoc2=O)C1O. The normalized spacial score (nSPS) is 23.2. The van der Waals surface area contributed by atoms with E-state index in [9.17, 15) is 9.90 Å². The molecule has 8 heteroatoms. The number of fused-ring (bicyclic) bond motifs is 2. The van der Waals surface area contributed by atoms with Crippen LogP contribution < -0.4 is 10.5 Å². The van der Waals surface area contributed by atoms with E-state index in [4.69, 9.17) is 13.8 Å². The standard InChI is InChI=1S/C14H13N3O5/c1-14(2)12(18)11(17-3-4-20-13(17)19)7-5-8-9(16-22-15-8)6-10(7)21-14/h3-6,11-12,18H,1-2H3. The molecule has 2 unspecified atom stereocenters. The fraction of sp³-hybridized carbons (Fsp3) is 0.357. The Hall–Kier alpha value is -2.61. The molecule has 0 amide bonds. The van der Waals surface area contributed by atoms with Gasteiger partial charge < -0.3 is 14.3 Å². The van der Waals surface area contributed by atoms with E-state index < -0.39 is 23.5 Å². The molecule has 0 aliphatic carbocycles. The van der Waals surface area contributed by atoms with Crippen molar-refractivity contribution in [3.05, 3.63) is 40.7 Å². The van der Waals surface area contributed by atoms with Crippen molar-refractivity contribution >= 4 is 11.0 Å². The van der Waals surface area contributed by atoms with Gasteiger partial charge in [-0.15, -0.1) is 0 Å². The molecule has 0 saturated carbocycles. The van der Waals surface area contributed by atoms with E-state index in [1.54, 1.807) is 26.0 Å². The second kappa shape index (κ2) is 4.20. The zero-order chi connectivity index (χ0) is 15.5. The lowest BCUT2D eigenvalue weighted by atomic mass is 9.86. The first-order valence-electron chi connectivity index (χ1n) is 6.76. The summed E-state index contributed by atoms with van der Waals surface area (Å²) in [6.07, 6.45) is 1.83. The van der Waals surface area contributed by atoms with Crippen LogP contribution in [0.15, 0.2) is 38.4 Å². The van der Waals surface area contributed by atoms with Gasteiger partial charge in [-0.05, 0) is 30.2 Å². The van der Waals surface area contributed by atoms with Gasteiger partial charge in [-0.2, -0.15) is 0 Å². The number of aliphatic hydroxyl groups excluding tert-OH is 1. The van der Waals surface area contributed by atoms with E-state index in [2.05, 4.69) is 10.3 Å². The second-order valence-corrected chi connectivity index (χ2v) is 5.81. The Morgan fingerprint density at radius 1 is 1.27 bits per heavy atom. The molecule has 22 heavy (non-hydrogen) atoms. The lowest BCUT2D eigenvalue weighted by Crippen LogP contribution is -2.51. The number of hydrogen-bond acceptors (Lipinski definition) is 7. The molecule has 2 aromatic heterocycles. The molecule has 3 aromatic rings. The van der Waals surface area contributed by atoms with Gasteiger partial charge in [0.25, 0.3) is 0 Å². The number of aromatic nitrogens is 3. The maximum absolute atomic E-state index is 11.9. The Labute approximate surface area is 123 Å². The predicted molar refractivity (Wildman–Crippen MR) is 73.6 cm³/mol. The summed E-state index contributed by atoms with van der Waals surface area (Å²) in [6.45, 7) is 3.51. The number of oxazole rings is 1. The van der Waals surface area contributed by atoms with Gasteiger partial charge in [0.2, 0.25) is 0 Å². The summed E-state index contributed by atoms with van der Waals surface area (Å²) in [7, 11) is 0. The minimum Gasteiger partial charge on any atom is -0.485 e. The molecule has 1 aliphatic heterocycles. The van der Waals surface area contributed by atoms with Crippen molar-refractivity contribution in [2.24, 2.45) is 0 Å². The summed E-state index contributed by atoms with van der Waals surface area (Å²) in [6, 6.07) is 2.74. The highest BCUT2D eigenvalue weighted by molar-refractivity contribution is 5.77. The number of hydrogen-bond donors (Lipinski definition) is 1. The van der Waals surface area contributed by atoms with Crippen molar-refractivity contribution in [1.82, 2.24) is 14.9 Å². The van der Waals surface area contributed by atoms with Crippen LogP contribution in [0, 0.1) is 0 Å². The highest BCUT2D eigenvalue weighted by atomic mass is 16.6. The minimum absolute atomic E-state index is 0.524. The monoisotopic (exact) mass is 303 g/mol. The van der Waals surface area contributed by atoms with Gasteiger partial charge in [-0.25, -0.2) is 9.42 Å². The minimum atomic E-state index is -0.951. The number of aliphatic hydroxyl groups is 1. The molecular weight excluding hydrogens is 290 g/mol. The second-order valence-electron chi connectivity index (χ2n) is 5.81. The molecule has 0 bridgehead atoms. The molecule has 1 aromatic carbocycles. The van der Waals surface area contributed by atoms with Crippen LogP contribution >= 0.6 is 0 Å². The molecule has 0 spiro atoms. The van der Waals surface area contributed by atoms with Gasteiger partial charge >= 0.3 is 5.76 Å². The van der Waals surface area contributed by atoms with Gasteiger partial charge in [-0.1, -0.05) is 0 Å². The van der Waals surface area contributed by atoms with Gasteiger partial charge in [0.05, 0.1) is 6.04 Å². The van der Waals surface area contributed by atoms with E-state index in [1.165, 1.54) is 17.0 Å². The molecule has 3 heterocycles. The van der Waals surface area contributed by atoms with E-state index >= 15 is 0 Å². The largest absolute Gasteiger partial charge is 0.485 e. The number of ether oxygens (including phenoxy) is 1. The lowest BCUT2D eigenvalue weighted by molar-refractivity contribution is -0.0645. The van der Waals surface area contributed by atoms with Crippen LogP contribution in [-0.4, -0.2) is 31.7 Å². The first kappa shape index (κ1) is 13.1. The fourth-order valence-electron chi connectivity index (χ4n) is 2.83. The summed E-state index contributed by atoms with van der Waals surface area (Å²) in [5, 5.41) is 18.3. The number of benzene rings is 1. The Balaban J connectivity index is 2.00. The maximum Gasteiger partial charge on any atom is 0.419 e. The van der Waals surface area contributed by atoms with Crippen molar-refractivity contribution in [2.45, 2.75) is 31.6 Å². The Bertz CT molecular complexity index is 906. The predicted octanol–water partition coefficient (Wildman–Crippen LogP) is 1.10. The smallest absolute Gasteiger partial charge is 0.419 e. The van der Waals surface area contributed by atoms with Gasteiger partial charge in [-0.3, -0.25) is 4.57 Å². The van der Waals surface area contributed by atoms with Crippen LogP contribution in [0.3, 0.4) is 0 Å². The van der Waals surface area contributed by atoms with Gasteiger partial charge in [0, 0.05) is 17.8 Å². The van der Waals surface area contributed by atoms with Crippen LogP contribution in [0.5, 0.6) is 5.75 Å². The van der Waals surface area contributed by atoms with Crippen LogP contribution in [0.25, 0.3) is 11.0 Å². The van der Waals surface area contributed by atoms with E-state index in [-0.39, 0.29) is 0 Å². The average molecular weight is 303 g/mol. The molecule has 8 nitrogen and oxygen atoms in total. The molecule has 0 fully saturated rings. The Morgan fingerprint density at radius 2 is 2.00 bits per heavy atom. The molecule has 0 radical (unpaired) electrons. The third kappa shape index (κ3) is 1.70. The van der Waals surface area contributed by atoms with Crippen molar-refractivity contribution in [1.29, 1.82) is 0 Å². The quantitative estimate of drug-likeness (QED) is 0.717. The van der Waals surface area contributed by atoms with Gasteiger partial charge in [0.15, 0.2) is 0 Å². The van der Waals surface area contributed by atoms with Gasteiger partial charge in [0.1, 0.15) is 34.8 Å². The Kier molecular flexibility index (Phi) is 2.50. The fourth-order valence-corrected chi connectivity index (χ4v) is 2.83. The average Bonchev–Trinajstić information content (AvgIpc) is 3.07. The first-order valence-corrected chi connectivity index (χ1v) is 6.76. The van der Waals surface area contributed by atoms with Crippen LogP contribution in [-0.2, 0) is 0 Å². The van der Waals surface area contributed by atoms with Crippen molar-refractivity contribution in [3.8, 4) is 5.75 Å². The molecule has 2 atom stereocenters. The van der Waals surface area contributed by atoms with E-state index in [0.717, 1.165) is 0 Å². The topological polar surface area (TPSA) is 104 Å². The molecule has 4 rings (SSSR count). The van der Waals surface area contributed by atoms with E-state index in [1.807, 2.05) is 0 Å². The zero-order valence-electron chi connectivity index (χ0n) is 11.9. The van der Waals surface area contributed by atoms with Crippen molar-refractivity contribution in [2.75, 3.05) is 0 Å². The lowest BCUT2D eigenvalue weighted by Gasteiger charge is -2.41. The summed E-state index contributed by atoms with van der Waals surface area (Å²) in [4.78, 5) is 11.9. The summed E-state index contributed by atoms with van der Waals surface area (Å²) < 4.78 is 16.8. The molecular formula is C14H13N3O5. The van der Waals surface area contributed by atoms with Crippen LogP contribution in [0.4, 0.5) is 0 Å². The van der Waals surface area contributed by atoms with Crippen molar-refractivity contribution in [3.63, 3.8) is 0 Å². The zero-order valence-corrected chi connectivity index (χ0v) is 11.9. The first-order chi connectivity index (χ1) is 10.5. The molecule has 0 saturated heterocycles. The van der Waals surface area contributed by atoms with Crippen LogP contribution in [0.1, 0.15) is 25.5 Å². The summed E-state index contributed by atoms with van der Waals surface area (Å²) in [5.41, 5.74) is 0.803. The maximum atomic E-state index is 11.9. The molecule has 114 valence electrons. The molecule has 1 aliphatic rings. The highest BCUT2D eigenvalue weighted by Gasteiger charge is 2.44. The Morgan fingerprint density at radius 3 is 2.68 bits per heavy atom. The molecule has 1 N–H and O–H groups in total. The van der Waals surface area contributed by atoms with Crippen molar-refractivity contribution < 1.29 is 18.9 Å².